The molecular formula is C17H19ClN2OS2. The van der Waals surface area contributed by atoms with Gasteiger partial charge in [-0.1, -0.05) is 29.8 Å². The Labute approximate surface area is 151 Å². The van der Waals surface area contributed by atoms with Gasteiger partial charge in [0.25, 0.3) is 0 Å². The summed E-state index contributed by atoms with van der Waals surface area (Å²) in [6, 6.07) is 15.7. The Kier molecular flexibility index (Phi) is 7.52. The van der Waals surface area contributed by atoms with Gasteiger partial charge in [0.15, 0.2) is 5.11 Å². The van der Waals surface area contributed by atoms with Gasteiger partial charge in [0.2, 0.25) is 0 Å². The van der Waals surface area contributed by atoms with Crippen molar-refractivity contribution in [2.45, 2.75) is 11.4 Å². The maximum absolute atomic E-state index is 5.87. The van der Waals surface area contributed by atoms with Crippen LogP contribution < -0.4 is 15.4 Å². The number of thioether (sulfide) groups is 1. The van der Waals surface area contributed by atoms with Crippen molar-refractivity contribution < 1.29 is 4.74 Å². The third-order valence-corrected chi connectivity index (χ3v) is 4.66. The zero-order chi connectivity index (χ0) is 16.5. The molecule has 2 aromatic carbocycles. The van der Waals surface area contributed by atoms with Gasteiger partial charge in [0.1, 0.15) is 5.75 Å². The number of para-hydroxylation sites is 1. The quantitative estimate of drug-likeness (QED) is 0.438. The molecule has 0 aromatic heterocycles. The minimum absolute atomic E-state index is 0.639. The summed E-state index contributed by atoms with van der Waals surface area (Å²) in [5.74, 6) is 1.79. The summed E-state index contributed by atoms with van der Waals surface area (Å²) in [6.45, 7) is 1.44. The van der Waals surface area contributed by atoms with Crippen LogP contribution in [0.4, 0.5) is 0 Å². The van der Waals surface area contributed by atoms with Crippen molar-refractivity contribution in [2.24, 2.45) is 0 Å². The smallest absolute Gasteiger partial charge is 0.166 e. The second kappa shape index (κ2) is 9.65. The first-order valence-corrected chi connectivity index (χ1v) is 8.98. The summed E-state index contributed by atoms with van der Waals surface area (Å²) < 4.78 is 5.32. The number of rotatable bonds is 7. The third-order valence-electron chi connectivity index (χ3n) is 3.10. The van der Waals surface area contributed by atoms with Gasteiger partial charge >= 0.3 is 0 Å². The molecule has 2 N–H and O–H groups in total. The molecule has 0 fully saturated rings. The van der Waals surface area contributed by atoms with Gasteiger partial charge in [-0.15, -0.1) is 11.8 Å². The average molecular weight is 367 g/mol. The van der Waals surface area contributed by atoms with Crippen LogP contribution in [0.25, 0.3) is 0 Å². The maximum atomic E-state index is 5.87. The van der Waals surface area contributed by atoms with Crippen molar-refractivity contribution >= 4 is 40.7 Å². The van der Waals surface area contributed by atoms with Crippen LogP contribution in [0.15, 0.2) is 53.4 Å². The third kappa shape index (κ3) is 6.29. The molecule has 0 radical (unpaired) electrons. The van der Waals surface area contributed by atoms with Gasteiger partial charge in [0.05, 0.1) is 7.11 Å². The molecule has 0 heterocycles. The lowest BCUT2D eigenvalue weighted by molar-refractivity contribution is 0.409. The summed E-state index contributed by atoms with van der Waals surface area (Å²) in [5, 5.41) is 7.80. The van der Waals surface area contributed by atoms with Crippen LogP contribution >= 0.6 is 35.6 Å². The summed E-state index contributed by atoms with van der Waals surface area (Å²) in [5.41, 5.74) is 1.08. The Morgan fingerprint density at radius 3 is 2.61 bits per heavy atom. The molecule has 2 aromatic rings. The summed E-state index contributed by atoms with van der Waals surface area (Å²) in [6.07, 6.45) is 0. The van der Waals surface area contributed by atoms with E-state index in [1.807, 2.05) is 48.5 Å². The SMILES string of the molecule is COc1ccccc1CNC(=S)NCCSc1ccc(Cl)cc1. The number of thiocarbonyl (C=S) groups is 1. The molecule has 0 unspecified atom stereocenters. The number of hydrogen-bond acceptors (Lipinski definition) is 3. The largest absolute Gasteiger partial charge is 0.496 e. The van der Waals surface area contributed by atoms with Crippen molar-refractivity contribution in [1.29, 1.82) is 0 Å². The number of nitrogens with one attached hydrogen (secondary N) is 2. The molecule has 0 saturated carbocycles. The second-order valence-electron chi connectivity index (χ2n) is 4.72. The zero-order valence-corrected chi connectivity index (χ0v) is 15.2. The van der Waals surface area contributed by atoms with Gasteiger partial charge in [0, 0.05) is 34.3 Å². The van der Waals surface area contributed by atoms with Crippen molar-refractivity contribution in [3.05, 3.63) is 59.1 Å². The van der Waals surface area contributed by atoms with Gasteiger partial charge in [-0.25, -0.2) is 0 Å². The fraction of sp³-hybridized carbons (Fsp3) is 0.235. The molecular weight excluding hydrogens is 348 g/mol. The Hall–Kier alpha value is -1.43. The summed E-state index contributed by atoms with van der Waals surface area (Å²) in [4.78, 5) is 1.20. The number of benzene rings is 2. The maximum Gasteiger partial charge on any atom is 0.166 e. The lowest BCUT2D eigenvalue weighted by Gasteiger charge is -2.12. The van der Waals surface area contributed by atoms with E-state index in [0.717, 1.165) is 28.6 Å². The summed E-state index contributed by atoms with van der Waals surface area (Å²) in [7, 11) is 1.67. The fourth-order valence-electron chi connectivity index (χ4n) is 1.95. The van der Waals surface area contributed by atoms with Crippen LogP contribution in [-0.4, -0.2) is 24.5 Å². The Morgan fingerprint density at radius 1 is 1.13 bits per heavy atom. The summed E-state index contributed by atoms with van der Waals surface area (Å²) >= 11 is 12.9. The predicted octanol–water partition coefficient (Wildman–Crippen LogP) is 4.11. The fourth-order valence-corrected chi connectivity index (χ4v) is 3.02. The number of methoxy groups -OCH3 is 1. The zero-order valence-electron chi connectivity index (χ0n) is 12.8. The minimum atomic E-state index is 0.639. The van der Waals surface area contributed by atoms with Crippen LogP contribution in [0.1, 0.15) is 5.56 Å². The lowest BCUT2D eigenvalue weighted by Crippen LogP contribution is -2.36. The Balaban J connectivity index is 1.66. The molecule has 2 rings (SSSR count). The van der Waals surface area contributed by atoms with E-state index in [-0.39, 0.29) is 0 Å². The predicted molar refractivity (Wildman–Crippen MR) is 103 cm³/mol. The topological polar surface area (TPSA) is 33.3 Å². The highest BCUT2D eigenvalue weighted by Crippen LogP contribution is 2.19. The van der Waals surface area contributed by atoms with Crippen molar-refractivity contribution in [1.82, 2.24) is 10.6 Å². The van der Waals surface area contributed by atoms with Crippen molar-refractivity contribution in [3.63, 3.8) is 0 Å². The first kappa shape index (κ1) is 17.9. The monoisotopic (exact) mass is 366 g/mol. The van der Waals surface area contributed by atoms with Gasteiger partial charge in [-0.2, -0.15) is 0 Å². The second-order valence-corrected chi connectivity index (χ2v) is 6.74. The number of hydrogen-bond donors (Lipinski definition) is 2. The van der Waals surface area contributed by atoms with E-state index in [9.17, 15) is 0 Å². The normalized spacial score (nSPS) is 10.2. The Bertz CT molecular complexity index is 635. The molecule has 0 aliphatic carbocycles. The standard InChI is InChI=1S/C17H19ClN2OS2/c1-21-16-5-3-2-4-13(16)12-20-17(22)19-10-11-23-15-8-6-14(18)7-9-15/h2-9H,10-12H2,1H3,(H2,19,20,22). The van der Waals surface area contributed by atoms with Crippen molar-refractivity contribution in [2.75, 3.05) is 19.4 Å². The van der Waals surface area contributed by atoms with Gasteiger partial charge in [-0.05, 0) is 42.5 Å². The average Bonchev–Trinajstić information content (AvgIpc) is 2.58. The number of halogens is 1. The minimum Gasteiger partial charge on any atom is -0.496 e. The molecule has 0 aliphatic heterocycles. The van der Waals surface area contributed by atoms with E-state index >= 15 is 0 Å². The van der Waals surface area contributed by atoms with E-state index in [0.29, 0.717) is 11.7 Å². The van der Waals surface area contributed by atoms with Crippen LogP contribution in [0.5, 0.6) is 5.75 Å². The van der Waals surface area contributed by atoms with E-state index in [4.69, 9.17) is 28.6 Å². The molecule has 0 bridgehead atoms. The van der Waals surface area contributed by atoms with Gasteiger partial charge < -0.3 is 15.4 Å². The highest BCUT2D eigenvalue weighted by atomic mass is 35.5. The molecule has 0 saturated heterocycles. The molecule has 0 atom stereocenters. The van der Waals surface area contributed by atoms with E-state index in [1.54, 1.807) is 18.9 Å². The van der Waals surface area contributed by atoms with E-state index in [2.05, 4.69) is 10.6 Å². The first-order valence-electron chi connectivity index (χ1n) is 7.21. The highest BCUT2D eigenvalue weighted by Gasteiger charge is 2.02. The molecule has 23 heavy (non-hydrogen) atoms. The molecule has 0 aliphatic rings. The number of ether oxygens (including phenoxy) is 1. The highest BCUT2D eigenvalue weighted by molar-refractivity contribution is 7.99. The van der Waals surface area contributed by atoms with Crippen LogP contribution in [0.2, 0.25) is 5.02 Å². The van der Waals surface area contributed by atoms with Crippen LogP contribution in [0.3, 0.4) is 0 Å². The lowest BCUT2D eigenvalue weighted by atomic mass is 10.2. The molecule has 122 valence electrons. The van der Waals surface area contributed by atoms with Gasteiger partial charge in [-0.3, -0.25) is 0 Å². The molecule has 3 nitrogen and oxygen atoms in total. The van der Waals surface area contributed by atoms with Crippen molar-refractivity contribution in [3.8, 4) is 5.75 Å². The molecule has 0 amide bonds. The van der Waals surface area contributed by atoms with E-state index < -0.39 is 0 Å². The Morgan fingerprint density at radius 2 is 1.87 bits per heavy atom. The van der Waals surface area contributed by atoms with Crippen LogP contribution in [0, 0.1) is 0 Å². The van der Waals surface area contributed by atoms with E-state index in [1.165, 1.54) is 4.90 Å². The first-order chi connectivity index (χ1) is 11.2. The van der Waals surface area contributed by atoms with Crippen LogP contribution in [-0.2, 0) is 6.54 Å². The molecule has 0 spiro atoms. The molecule has 6 heteroatoms.